The average Bonchev–Trinajstić information content (AvgIpc) is 2.84. The van der Waals surface area contributed by atoms with Crippen LogP contribution in [-0.2, 0) is 4.74 Å². The van der Waals surface area contributed by atoms with Crippen molar-refractivity contribution >= 4 is 27.7 Å². The first kappa shape index (κ1) is 17.1. The predicted octanol–water partition coefficient (Wildman–Crippen LogP) is 4.55. The zero-order chi connectivity index (χ0) is 16.2. The van der Waals surface area contributed by atoms with Gasteiger partial charge in [0.05, 0.1) is 0 Å². The number of halogens is 1. The number of anilines is 1. The molecule has 0 spiro atoms. The molecule has 0 aliphatic heterocycles. The van der Waals surface area contributed by atoms with Crippen LogP contribution in [0.1, 0.15) is 40.0 Å². The summed E-state index contributed by atoms with van der Waals surface area (Å²) in [5.41, 5.74) is 0.673. The van der Waals surface area contributed by atoms with Crippen LogP contribution in [0.4, 0.5) is 10.5 Å². The molecule has 2 N–H and O–H groups in total. The van der Waals surface area contributed by atoms with E-state index in [-0.39, 0.29) is 6.09 Å². The number of nitrogens with one attached hydrogen (secondary N) is 2. The molecule has 1 aliphatic rings. The third kappa shape index (κ3) is 5.52. The van der Waals surface area contributed by atoms with Gasteiger partial charge in [-0.05, 0) is 63.8 Å². The molecule has 0 saturated heterocycles. The summed E-state index contributed by atoms with van der Waals surface area (Å²) >= 11 is 3.45. The van der Waals surface area contributed by atoms with Gasteiger partial charge in [-0.3, -0.25) is 0 Å². The van der Waals surface area contributed by atoms with Crippen molar-refractivity contribution in [1.82, 2.24) is 5.32 Å². The molecular weight excluding hydrogens is 344 g/mol. The molecule has 1 saturated carbocycles. The highest BCUT2D eigenvalue weighted by atomic mass is 79.9. The molecule has 122 valence electrons. The summed E-state index contributed by atoms with van der Waals surface area (Å²) in [6.07, 6.45) is 3.12. The Morgan fingerprint density at radius 3 is 2.59 bits per heavy atom. The zero-order valence-corrected chi connectivity index (χ0v) is 15.1. The quantitative estimate of drug-likeness (QED) is 0.818. The lowest BCUT2D eigenvalue weighted by Crippen LogP contribution is -2.38. The van der Waals surface area contributed by atoms with E-state index < -0.39 is 5.60 Å². The molecular formula is C17H25BrN2O2. The summed E-state index contributed by atoms with van der Waals surface area (Å²) < 4.78 is 6.37. The van der Waals surface area contributed by atoms with Crippen LogP contribution >= 0.6 is 15.9 Å². The first-order valence-electron chi connectivity index (χ1n) is 7.82. The highest BCUT2D eigenvalue weighted by Gasteiger charge is 2.28. The Balaban J connectivity index is 1.83. The third-order valence-corrected chi connectivity index (χ3v) is 4.29. The standard InChI is InChI=1S/C17H25BrN2O2/c1-17(2,3)22-16(21)19-11-12-5-4-6-15(12)20-14-9-7-13(18)8-10-14/h7-10,12,15,20H,4-6,11H2,1-3H3,(H,19,21). The van der Waals surface area contributed by atoms with Crippen LogP contribution in [-0.4, -0.2) is 24.3 Å². The van der Waals surface area contributed by atoms with Gasteiger partial charge in [0.2, 0.25) is 0 Å². The Bertz CT molecular complexity index is 496. The molecule has 0 aromatic heterocycles. The second-order valence-corrected chi connectivity index (χ2v) is 7.75. The second kappa shape index (κ2) is 7.36. The molecule has 0 bridgehead atoms. The van der Waals surface area contributed by atoms with Crippen molar-refractivity contribution in [1.29, 1.82) is 0 Å². The molecule has 1 fully saturated rings. The molecule has 2 unspecified atom stereocenters. The summed E-state index contributed by atoms with van der Waals surface area (Å²) in [5, 5.41) is 6.47. The third-order valence-electron chi connectivity index (χ3n) is 3.76. The van der Waals surface area contributed by atoms with Crippen LogP contribution in [0.2, 0.25) is 0 Å². The van der Waals surface area contributed by atoms with Crippen LogP contribution in [0, 0.1) is 5.92 Å². The number of rotatable bonds is 4. The van der Waals surface area contributed by atoms with Crippen LogP contribution in [0.3, 0.4) is 0 Å². The molecule has 2 atom stereocenters. The number of hydrogen-bond donors (Lipinski definition) is 2. The molecule has 1 aliphatic carbocycles. The molecule has 0 heterocycles. The van der Waals surface area contributed by atoms with Gasteiger partial charge in [0.25, 0.3) is 0 Å². The predicted molar refractivity (Wildman–Crippen MR) is 93.1 cm³/mol. The van der Waals surface area contributed by atoms with E-state index in [0.717, 1.165) is 23.0 Å². The van der Waals surface area contributed by atoms with E-state index in [2.05, 4.69) is 38.7 Å². The van der Waals surface area contributed by atoms with Crippen molar-refractivity contribution < 1.29 is 9.53 Å². The maximum Gasteiger partial charge on any atom is 0.407 e. The van der Waals surface area contributed by atoms with E-state index in [1.165, 1.54) is 6.42 Å². The lowest BCUT2D eigenvalue weighted by atomic mass is 10.0. The fourth-order valence-electron chi connectivity index (χ4n) is 2.76. The number of carbonyl (C=O) groups is 1. The monoisotopic (exact) mass is 368 g/mol. The van der Waals surface area contributed by atoms with E-state index >= 15 is 0 Å². The molecule has 1 aromatic carbocycles. The molecule has 2 rings (SSSR count). The van der Waals surface area contributed by atoms with E-state index in [0.29, 0.717) is 18.5 Å². The smallest absolute Gasteiger partial charge is 0.407 e. The summed E-state index contributed by atoms with van der Waals surface area (Å²) in [6, 6.07) is 8.61. The van der Waals surface area contributed by atoms with Gasteiger partial charge in [0.15, 0.2) is 0 Å². The molecule has 22 heavy (non-hydrogen) atoms. The lowest BCUT2D eigenvalue weighted by Gasteiger charge is -2.24. The molecule has 0 radical (unpaired) electrons. The van der Waals surface area contributed by atoms with Crippen LogP contribution in [0.15, 0.2) is 28.7 Å². The van der Waals surface area contributed by atoms with E-state index in [1.807, 2.05) is 32.9 Å². The minimum absolute atomic E-state index is 0.332. The van der Waals surface area contributed by atoms with Gasteiger partial charge in [-0.15, -0.1) is 0 Å². The number of hydrogen-bond acceptors (Lipinski definition) is 3. The highest BCUT2D eigenvalue weighted by Crippen LogP contribution is 2.28. The van der Waals surface area contributed by atoms with E-state index in [1.54, 1.807) is 0 Å². The van der Waals surface area contributed by atoms with Crippen LogP contribution in [0.5, 0.6) is 0 Å². The van der Waals surface area contributed by atoms with Crippen molar-refractivity contribution in [2.45, 2.75) is 51.7 Å². The van der Waals surface area contributed by atoms with Gasteiger partial charge >= 0.3 is 6.09 Å². The van der Waals surface area contributed by atoms with Crippen molar-refractivity contribution in [3.8, 4) is 0 Å². The van der Waals surface area contributed by atoms with Crippen LogP contribution < -0.4 is 10.6 Å². The number of carbonyl (C=O) groups excluding carboxylic acids is 1. The topological polar surface area (TPSA) is 50.4 Å². The van der Waals surface area contributed by atoms with Gasteiger partial charge in [-0.2, -0.15) is 0 Å². The Kier molecular flexibility index (Phi) is 5.73. The zero-order valence-electron chi connectivity index (χ0n) is 13.5. The van der Waals surface area contributed by atoms with Crippen molar-refractivity contribution in [2.75, 3.05) is 11.9 Å². The number of alkyl carbamates (subject to hydrolysis) is 1. The average molecular weight is 369 g/mol. The van der Waals surface area contributed by atoms with E-state index in [9.17, 15) is 4.79 Å². The first-order valence-corrected chi connectivity index (χ1v) is 8.62. The number of amides is 1. The SMILES string of the molecule is CC(C)(C)OC(=O)NCC1CCCC1Nc1ccc(Br)cc1. The minimum atomic E-state index is -0.450. The van der Waals surface area contributed by atoms with Crippen molar-refractivity contribution in [2.24, 2.45) is 5.92 Å². The Labute approximate surface area is 141 Å². The van der Waals surface area contributed by atoms with Gasteiger partial charge < -0.3 is 15.4 Å². The minimum Gasteiger partial charge on any atom is -0.444 e. The molecule has 4 nitrogen and oxygen atoms in total. The number of benzene rings is 1. The van der Waals surface area contributed by atoms with Gasteiger partial charge in [-0.1, -0.05) is 22.4 Å². The highest BCUT2D eigenvalue weighted by molar-refractivity contribution is 9.10. The van der Waals surface area contributed by atoms with Crippen molar-refractivity contribution in [3.05, 3.63) is 28.7 Å². The molecule has 5 heteroatoms. The second-order valence-electron chi connectivity index (χ2n) is 6.83. The molecule has 1 aromatic rings. The molecule has 1 amide bonds. The number of ether oxygens (including phenoxy) is 1. The largest absolute Gasteiger partial charge is 0.444 e. The van der Waals surface area contributed by atoms with Crippen molar-refractivity contribution in [3.63, 3.8) is 0 Å². The Morgan fingerprint density at radius 2 is 1.95 bits per heavy atom. The fourth-order valence-corrected chi connectivity index (χ4v) is 3.02. The lowest BCUT2D eigenvalue weighted by molar-refractivity contribution is 0.0519. The summed E-state index contributed by atoms with van der Waals surface area (Å²) in [5.74, 6) is 0.441. The van der Waals surface area contributed by atoms with Gasteiger partial charge in [0.1, 0.15) is 5.60 Å². The van der Waals surface area contributed by atoms with Gasteiger partial charge in [-0.25, -0.2) is 4.79 Å². The Hall–Kier alpha value is -1.23. The van der Waals surface area contributed by atoms with Crippen LogP contribution in [0.25, 0.3) is 0 Å². The maximum atomic E-state index is 11.8. The summed E-state index contributed by atoms with van der Waals surface area (Å²) in [4.78, 5) is 11.8. The fraction of sp³-hybridized carbons (Fsp3) is 0.588. The first-order chi connectivity index (χ1) is 10.3. The van der Waals surface area contributed by atoms with Gasteiger partial charge in [0, 0.05) is 22.7 Å². The summed E-state index contributed by atoms with van der Waals surface area (Å²) in [6.45, 7) is 6.28. The normalized spacial score (nSPS) is 21.5. The Morgan fingerprint density at radius 1 is 1.27 bits per heavy atom. The van der Waals surface area contributed by atoms with E-state index in [4.69, 9.17) is 4.74 Å². The summed E-state index contributed by atoms with van der Waals surface area (Å²) in [7, 11) is 0. The maximum absolute atomic E-state index is 11.8.